The van der Waals surface area contributed by atoms with Crippen LogP contribution in [0.25, 0.3) is 10.9 Å². The molecule has 0 fully saturated rings. The fraction of sp³-hybridized carbons (Fsp3) is 0.400. The van der Waals surface area contributed by atoms with Crippen molar-refractivity contribution in [1.82, 2.24) is 4.98 Å². The van der Waals surface area contributed by atoms with Gasteiger partial charge in [0.1, 0.15) is 0 Å². The number of hydrogen-bond donors (Lipinski definition) is 1. The first-order valence-corrected chi connectivity index (χ1v) is 5.98. The summed E-state index contributed by atoms with van der Waals surface area (Å²) in [6, 6.07) is 6.00. The Labute approximate surface area is 103 Å². The number of aryl methyl sites for hydroxylation is 2. The molecule has 0 unspecified atom stereocenters. The zero-order chi connectivity index (χ0) is 12.8. The van der Waals surface area contributed by atoms with Gasteiger partial charge in [-0.15, -0.1) is 0 Å². The van der Waals surface area contributed by atoms with Crippen LogP contribution < -0.4 is 5.73 Å². The topological polar surface area (TPSA) is 38.9 Å². The molecular weight excluding hydrogens is 208 g/mol. The number of para-hydroxylation sites is 1. The van der Waals surface area contributed by atoms with Crippen molar-refractivity contribution in [2.45, 2.75) is 40.0 Å². The van der Waals surface area contributed by atoms with E-state index in [0.717, 1.165) is 16.9 Å². The number of nitrogens with zero attached hydrogens (tertiary/aromatic N) is 1. The van der Waals surface area contributed by atoms with Gasteiger partial charge in [-0.3, -0.25) is 4.98 Å². The van der Waals surface area contributed by atoms with Gasteiger partial charge in [-0.25, -0.2) is 0 Å². The van der Waals surface area contributed by atoms with Gasteiger partial charge in [0.15, 0.2) is 0 Å². The predicted octanol–water partition coefficient (Wildman–Crippen LogP) is 3.73. The maximum atomic E-state index is 5.99. The van der Waals surface area contributed by atoms with E-state index in [1.807, 2.05) is 12.1 Å². The van der Waals surface area contributed by atoms with Crippen molar-refractivity contribution >= 4 is 16.6 Å². The lowest BCUT2D eigenvalue weighted by Gasteiger charge is -2.25. The van der Waals surface area contributed by atoms with Crippen LogP contribution in [-0.4, -0.2) is 4.98 Å². The van der Waals surface area contributed by atoms with E-state index in [2.05, 4.69) is 45.7 Å². The average molecular weight is 228 g/mol. The molecule has 0 atom stereocenters. The quantitative estimate of drug-likeness (QED) is 0.698. The number of nitrogens with two attached hydrogens (primary N) is 1. The molecule has 0 radical (unpaired) electrons. The largest absolute Gasteiger partial charge is 0.397 e. The molecular formula is C15H20N2. The fourth-order valence-electron chi connectivity index (χ4n) is 2.72. The van der Waals surface area contributed by atoms with Gasteiger partial charge in [-0.2, -0.15) is 0 Å². The van der Waals surface area contributed by atoms with E-state index < -0.39 is 0 Å². The third-order valence-electron chi connectivity index (χ3n) is 3.24. The standard InChI is InChI=1S/C15H20N2/c1-9-11-7-6-8-12(16)14(11)17-10(2)13(9)15(3,4)5/h6-8H,16H2,1-5H3. The lowest BCUT2D eigenvalue weighted by molar-refractivity contribution is 0.579. The van der Waals surface area contributed by atoms with Crippen molar-refractivity contribution in [3.05, 3.63) is 35.0 Å². The number of aromatic nitrogens is 1. The van der Waals surface area contributed by atoms with Crippen LogP contribution in [0, 0.1) is 13.8 Å². The van der Waals surface area contributed by atoms with Crippen molar-refractivity contribution in [3.63, 3.8) is 0 Å². The molecule has 2 heteroatoms. The van der Waals surface area contributed by atoms with Crippen molar-refractivity contribution in [1.29, 1.82) is 0 Å². The monoisotopic (exact) mass is 228 g/mol. The Balaban J connectivity index is 2.91. The second kappa shape index (κ2) is 3.73. The van der Waals surface area contributed by atoms with Crippen molar-refractivity contribution < 1.29 is 0 Å². The SMILES string of the molecule is Cc1nc2c(N)cccc2c(C)c1C(C)(C)C. The molecule has 90 valence electrons. The summed E-state index contributed by atoms with van der Waals surface area (Å²) in [6.45, 7) is 10.9. The van der Waals surface area contributed by atoms with E-state index in [0.29, 0.717) is 0 Å². The van der Waals surface area contributed by atoms with Crippen LogP contribution in [0.4, 0.5) is 5.69 Å². The normalized spacial score (nSPS) is 12.1. The number of pyridine rings is 1. The molecule has 2 rings (SSSR count). The minimum atomic E-state index is 0.111. The first-order chi connectivity index (χ1) is 7.82. The summed E-state index contributed by atoms with van der Waals surface area (Å²) in [5.74, 6) is 0. The Kier molecular flexibility index (Phi) is 2.61. The lowest BCUT2D eigenvalue weighted by Crippen LogP contribution is -2.16. The second-order valence-electron chi connectivity index (χ2n) is 5.69. The highest BCUT2D eigenvalue weighted by atomic mass is 14.7. The molecule has 17 heavy (non-hydrogen) atoms. The van der Waals surface area contributed by atoms with E-state index in [-0.39, 0.29) is 5.41 Å². The Morgan fingerprint density at radius 2 is 1.76 bits per heavy atom. The Morgan fingerprint density at radius 3 is 2.35 bits per heavy atom. The lowest BCUT2D eigenvalue weighted by atomic mass is 9.82. The number of hydrogen-bond acceptors (Lipinski definition) is 2. The van der Waals surface area contributed by atoms with Crippen LogP contribution in [0.5, 0.6) is 0 Å². The van der Waals surface area contributed by atoms with E-state index in [9.17, 15) is 0 Å². The highest BCUT2D eigenvalue weighted by Gasteiger charge is 2.21. The van der Waals surface area contributed by atoms with Gasteiger partial charge in [0, 0.05) is 11.1 Å². The van der Waals surface area contributed by atoms with Crippen molar-refractivity contribution in [2.75, 3.05) is 5.73 Å². The van der Waals surface area contributed by atoms with E-state index in [4.69, 9.17) is 5.73 Å². The average Bonchev–Trinajstić information content (AvgIpc) is 2.17. The van der Waals surface area contributed by atoms with E-state index in [1.54, 1.807) is 0 Å². The molecule has 0 spiro atoms. The molecule has 2 aromatic rings. The van der Waals surface area contributed by atoms with Gasteiger partial charge in [0.2, 0.25) is 0 Å². The van der Waals surface area contributed by atoms with Gasteiger partial charge in [0.25, 0.3) is 0 Å². The maximum absolute atomic E-state index is 5.99. The third-order valence-corrected chi connectivity index (χ3v) is 3.24. The second-order valence-corrected chi connectivity index (χ2v) is 5.69. The minimum absolute atomic E-state index is 0.111. The van der Waals surface area contributed by atoms with Gasteiger partial charge in [-0.05, 0) is 36.5 Å². The molecule has 1 heterocycles. The third kappa shape index (κ3) is 1.88. The Hall–Kier alpha value is -1.57. The van der Waals surface area contributed by atoms with Gasteiger partial charge in [0.05, 0.1) is 11.2 Å². The summed E-state index contributed by atoms with van der Waals surface area (Å²) in [5.41, 5.74) is 11.5. The van der Waals surface area contributed by atoms with Gasteiger partial charge >= 0.3 is 0 Å². The Morgan fingerprint density at radius 1 is 1.12 bits per heavy atom. The summed E-state index contributed by atoms with van der Waals surface area (Å²) >= 11 is 0. The van der Waals surface area contributed by atoms with Crippen LogP contribution in [-0.2, 0) is 5.41 Å². The summed E-state index contributed by atoms with van der Waals surface area (Å²) in [4.78, 5) is 4.68. The zero-order valence-corrected chi connectivity index (χ0v) is 11.3. The number of rotatable bonds is 0. The number of fused-ring (bicyclic) bond motifs is 1. The molecule has 2 N–H and O–H groups in total. The molecule has 0 aliphatic rings. The van der Waals surface area contributed by atoms with Crippen LogP contribution in [0.1, 0.15) is 37.6 Å². The first-order valence-electron chi connectivity index (χ1n) is 5.98. The summed E-state index contributed by atoms with van der Waals surface area (Å²) in [7, 11) is 0. The number of benzene rings is 1. The van der Waals surface area contributed by atoms with E-state index >= 15 is 0 Å². The van der Waals surface area contributed by atoms with Crippen LogP contribution in [0.2, 0.25) is 0 Å². The van der Waals surface area contributed by atoms with Gasteiger partial charge in [-0.1, -0.05) is 32.9 Å². The summed E-state index contributed by atoms with van der Waals surface area (Å²) in [5, 5.41) is 1.17. The zero-order valence-electron chi connectivity index (χ0n) is 11.3. The predicted molar refractivity (Wildman–Crippen MR) is 74.3 cm³/mol. The molecule has 0 aliphatic heterocycles. The smallest absolute Gasteiger partial charge is 0.0937 e. The van der Waals surface area contributed by atoms with Gasteiger partial charge < -0.3 is 5.73 Å². The maximum Gasteiger partial charge on any atom is 0.0937 e. The summed E-state index contributed by atoms with van der Waals surface area (Å²) < 4.78 is 0. The number of anilines is 1. The highest BCUT2D eigenvalue weighted by molar-refractivity contribution is 5.92. The minimum Gasteiger partial charge on any atom is -0.397 e. The molecule has 0 saturated carbocycles. The molecule has 0 bridgehead atoms. The number of nitrogen functional groups attached to an aromatic ring is 1. The summed E-state index contributed by atoms with van der Waals surface area (Å²) in [6.07, 6.45) is 0. The molecule has 0 aliphatic carbocycles. The molecule has 2 nitrogen and oxygen atoms in total. The molecule has 1 aromatic carbocycles. The van der Waals surface area contributed by atoms with Crippen molar-refractivity contribution in [2.24, 2.45) is 0 Å². The van der Waals surface area contributed by atoms with Crippen molar-refractivity contribution in [3.8, 4) is 0 Å². The van der Waals surface area contributed by atoms with Crippen LogP contribution in [0.15, 0.2) is 18.2 Å². The van der Waals surface area contributed by atoms with Crippen LogP contribution >= 0.6 is 0 Å². The Bertz CT molecular complexity index is 577. The first kappa shape index (κ1) is 11.9. The molecule has 0 saturated heterocycles. The molecule has 0 amide bonds. The highest BCUT2D eigenvalue weighted by Crippen LogP contribution is 2.33. The van der Waals surface area contributed by atoms with Crippen LogP contribution in [0.3, 0.4) is 0 Å². The fourth-order valence-corrected chi connectivity index (χ4v) is 2.72. The molecule has 1 aromatic heterocycles. The van der Waals surface area contributed by atoms with E-state index in [1.165, 1.54) is 16.5 Å².